The van der Waals surface area contributed by atoms with Crippen molar-refractivity contribution >= 4 is 39.6 Å². The van der Waals surface area contributed by atoms with Crippen LogP contribution in [0, 0.1) is 3.57 Å². The van der Waals surface area contributed by atoms with Gasteiger partial charge in [0.2, 0.25) is 0 Å². The first-order valence-corrected chi connectivity index (χ1v) is 7.70. The van der Waals surface area contributed by atoms with Gasteiger partial charge in [-0.25, -0.2) is 9.78 Å². The van der Waals surface area contributed by atoms with Crippen molar-refractivity contribution in [2.45, 2.75) is 13.3 Å². The Balaban J connectivity index is 2.45. The number of carboxylic acids is 1. The molecule has 0 spiro atoms. The minimum absolute atomic E-state index is 0.277. The normalized spacial score (nSPS) is 11.0. The minimum atomic E-state index is -0.935. The Bertz CT molecular complexity index is 839. The molecular formula is C16H13IN2O2. The molecule has 4 nitrogen and oxygen atoms in total. The molecule has 0 saturated carbocycles. The highest BCUT2D eigenvalue weighted by atomic mass is 127. The first-order chi connectivity index (χ1) is 10.1. The third-order valence-electron chi connectivity index (χ3n) is 3.39. The van der Waals surface area contributed by atoms with Gasteiger partial charge in [-0.2, -0.15) is 0 Å². The van der Waals surface area contributed by atoms with Crippen molar-refractivity contribution in [2.75, 3.05) is 0 Å². The summed E-state index contributed by atoms with van der Waals surface area (Å²) in [6.45, 7) is 2.02. The Morgan fingerprint density at radius 2 is 2.00 bits per heavy atom. The minimum Gasteiger partial charge on any atom is -0.478 e. The second kappa shape index (κ2) is 5.48. The molecule has 0 fully saturated rings. The Morgan fingerprint density at radius 1 is 1.24 bits per heavy atom. The number of carboxylic acid groups (broad SMARTS) is 1. The van der Waals surface area contributed by atoms with Crippen LogP contribution in [0.25, 0.3) is 16.7 Å². The molecule has 0 aliphatic carbocycles. The van der Waals surface area contributed by atoms with E-state index < -0.39 is 5.97 Å². The summed E-state index contributed by atoms with van der Waals surface area (Å²) in [4.78, 5) is 16.1. The van der Waals surface area contributed by atoms with E-state index in [0.29, 0.717) is 11.0 Å². The number of hydrogen-bond acceptors (Lipinski definition) is 2. The number of nitrogens with zero attached hydrogens (tertiary/aromatic N) is 2. The molecule has 21 heavy (non-hydrogen) atoms. The third kappa shape index (κ3) is 2.31. The van der Waals surface area contributed by atoms with Gasteiger partial charge in [-0.05, 0) is 46.9 Å². The van der Waals surface area contributed by atoms with Gasteiger partial charge in [0.1, 0.15) is 5.82 Å². The molecule has 0 aliphatic rings. The van der Waals surface area contributed by atoms with E-state index in [1.807, 2.05) is 41.8 Å². The quantitative estimate of drug-likeness (QED) is 0.689. The number of benzene rings is 2. The van der Waals surface area contributed by atoms with Gasteiger partial charge in [0, 0.05) is 9.99 Å². The van der Waals surface area contributed by atoms with Crippen molar-refractivity contribution in [3.05, 3.63) is 57.4 Å². The lowest BCUT2D eigenvalue weighted by atomic mass is 10.1. The molecule has 0 bridgehead atoms. The Hall–Kier alpha value is -1.89. The van der Waals surface area contributed by atoms with Crippen molar-refractivity contribution in [1.29, 1.82) is 0 Å². The summed E-state index contributed by atoms with van der Waals surface area (Å²) in [5, 5.41) is 9.46. The number of rotatable bonds is 3. The van der Waals surface area contributed by atoms with E-state index in [9.17, 15) is 9.90 Å². The van der Waals surface area contributed by atoms with Gasteiger partial charge in [-0.1, -0.05) is 25.1 Å². The van der Waals surface area contributed by atoms with Crippen molar-refractivity contribution in [3.8, 4) is 5.69 Å². The zero-order valence-electron chi connectivity index (χ0n) is 11.4. The molecule has 0 amide bonds. The topological polar surface area (TPSA) is 55.1 Å². The fourth-order valence-corrected chi connectivity index (χ4v) is 3.11. The number of hydrogen-bond donors (Lipinski definition) is 1. The van der Waals surface area contributed by atoms with Gasteiger partial charge in [0.25, 0.3) is 0 Å². The Kier molecular flexibility index (Phi) is 3.67. The van der Waals surface area contributed by atoms with Crippen LogP contribution in [0.4, 0.5) is 0 Å². The van der Waals surface area contributed by atoms with Crippen LogP contribution in [0.5, 0.6) is 0 Å². The van der Waals surface area contributed by atoms with E-state index in [-0.39, 0.29) is 5.56 Å². The maximum Gasteiger partial charge on any atom is 0.337 e. The van der Waals surface area contributed by atoms with Crippen LogP contribution >= 0.6 is 22.6 Å². The maximum absolute atomic E-state index is 11.5. The average molecular weight is 392 g/mol. The highest BCUT2D eigenvalue weighted by molar-refractivity contribution is 14.1. The molecule has 1 aromatic heterocycles. The summed E-state index contributed by atoms with van der Waals surface area (Å²) in [6.07, 6.45) is 0.735. The van der Waals surface area contributed by atoms with E-state index in [2.05, 4.69) is 27.6 Å². The SMILES string of the molecule is CCc1nc2cccc(C(=O)O)c2n1-c1ccccc1I. The monoisotopic (exact) mass is 392 g/mol. The van der Waals surface area contributed by atoms with Crippen LogP contribution in [-0.4, -0.2) is 20.6 Å². The fraction of sp³-hybridized carbons (Fsp3) is 0.125. The van der Waals surface area contributed by atoms with E-state index >= 15 is 0 Å². The highest BCUT2D eigenvalue weighted by Crippen LogP contribution is 2.27. The zero-order chi connectivity index (χ0) is 15.0. The maximum atomic E-state index is 11.5. The summed E-state index contributed by atoms with van der Waals surface area (Å²) in [6, 6.07) is 13.1. The number of aromatic nitrogens is 2. The molecular weight excluding hydrogens is 379 g/mol. The van der Waals surface area contributed by atoms with Crippen LogP contribution in [0.3, 0.4) is 0 Å². The molecule has 0 aliphatic heterocycles. The predicted octanol–water partition coefficient (Wildman–Crippen LogP) is 3.89. The molecule has 2 aromatic carbocycles. The summed E-state index contributed by atoms with van der Waals surface area (Å²) >= 11 is 2.26. The van der Waals surface area contributed by atoms with Gasteiger partial charge < -0.3 is 5.11 Å². The zero-order valence-corrected chi connectivity index (χ0v) is 13.5. The van der Waals surface area contributed by atoms with Crippen LogP contribution in [-0.2, 0) is 6.42 Å². The van der Waals surface area contributed by atoms with Gasteiger partial charge in [0.05, 0.1) is 22.3 Å². The van der Waals surface area contributed by atoms with E-state index in [1.165, 1.54) is 0 Å². The molecule has 3 rings (SSSR count). The second-order valence-electron chi connectivity index (χ2n) is 4.65. The number of para-hydroxylation sites is 2. The van der Waals surface area contributed by atoms with Crippen LogP contribution < -0.4 is 0 Å². The van der Waals surface area contributed by atoms with Gasteiger partial charge in [-0.15, -0.1) is 0 Å². The van der Waals surface area contributed by atoms with E-state index in [0.717, 1.165) is 21.5 Å². The molecule has 5 heteroatoms. The lowest BCUT2D eigenvalue weighted by Crippen LogP contribution is -2.06. The van der Waals surface area contributed by atoms with Crippen LogP contribution in [0.15, 0.2) is 42.5 Å². The Labute approximate surface area is 135 Å². The first kappa shape index (κ1) is 14.1. The fourth-order valence-electron chi connectivity index (χ4n) is 2.48. The lowest BCUT2D eigenvalue weighted by Gasteiger charge is -2.11. The molecule has 0 saturated heterocycles. The summed E-state index contributed by atoms with van der Waals surface area (Å²) in [5.74, 6) is -0.0711. The number of aryl methyl sites for hydroxylation is 1. The molecule has 1 N–H and O–H groups in total. The average Bonchev–Trinajstić information content (AvgIpc) is 2.86. The summed E-state index contributed by atoms with van der Waals surface area (Å²) < 4.78 is 3.02. The molecule has 106 valence electrons. The van der Waals surface area contributed by atoms with Gasteiger partial charge in [-0.3, -0.25) is 4.57 Å². The lowest BCUT2D eigenvalue weighted by molar-refractivity contribution is 0.0698. The predicted molar refractivity (Wildman–Crippen MR) is 90.1 cm³/mol. The van der Waals surface area contributed by atoms with Crippen molar-refractivity contribution in [3.63, 3.8) is 0 Å². The smallest absolute Gasteiger partial charge is 0.337 e. The number of carbonyl (C=O) groups is 1. The van der Waals surface area contributed by atoms with Gasteiger partial charge in [0.15, 0.2) is 0 Å². The number of fused-ring (bicyclic) bond motifs is 1. The second-order valence-corrected chi connectivity index (χ2v) is 5.81. The van der Waals surface area contributed by atoms with Crippen molar-refractivity contribution < 1.29 is 9.90 Å². The molecule has 3 aromatic rings. The van der Waals surface area contributed by atoms with Crippen LogP contribution in [0.1, 0.15) is 23.1 Å². The van der Waals surface area contributed by atoms with E-state index in [4.69, 9.17) is 0 Å². The molecule has 1 heterocycles. The first-order valence-electron chi connectivity index (χ1n) is 6.62. The van der Waals surface area contributed by atoms with E-state index in [1.54, 1.807) is 12.1 Å². The Morgan fingerprint density at radius 3 is 2.67 bits per heavy atom. The molecule has 0 radical (unpaired) electrons. The summed E-state index contributed by atoms with van der Waals surface area (Å²) in [5.41, 5.74) is 2.61. The number of aromatic carboxylic acids is 1. The van der Waals surface area contributed by atoms with Crippen molar-refractivity contribution in [1.82, 2.24) is 9.55 Å². The number of halogens is 1. The largest absolute Gasteiger partial charge is 0.478 e. The number of imidazole rings is 1. The third-order valence-corrected chi connectivity index (χ3v) is 4.30. The highest BCUT2D eigenvalue weighted by Gasteiger charge is 2.18. The standard InChI is InChI=1S/C16H13IN2O2/c1-2-14-18-12-8-5-6-10(16(20)21)15(12)19(14)13-9-4-3-7-11(13)17/h3-9H,2H2,1H3,(H,20,21). The van der Waals surface area contributed by atoms with Crippen LogP contribution in [0.2, 0.25) is 0 Å². The molecule has 0 unspecified atom stereocenters. The van der Waals surface area contributed by atoms with Gasteiger partial charge >= 0.3 is 5.97 Å². The van der Waals surface area contributed by atoms with Crippen molar-refractivity contribution in [2.24, 2.45) is 0 Å². The summed E-state index contributed by atoms with van der Waals surface area (Å²) in [7, 11) is 0. The molecule has 0 atom stereocenters.